The highest BCUT2D eigenvalue weighted by Gasteiger charge is 2.13. The molecule has 1 N–H and O–H groups in total. The third kappa shape index (κ3) is 3.55. The topological polar surface area (TPSA) is 45.0 Å². The number of ether oxygens (including phenoxy) is 1. The van der Waals surface area contributed by atoms with E-state index >= 15 is 0 Å². The summed E-state index contributed by atoms with van der Waals surface area (Å²) >= 11 is 0. The van der Waals surface area contributed by atoms with Crippen molar-refractivity contribution >= 4 is 0 Å². The fourth-order valence-corrected chi connectivity index (χ4v) is 2.12. The molecule has 0 amide bonds. The number of rotatable bonds is 4. The highest BCUT2D eigenvalue weighted by atomic mass is 16.5. The van der Waals surface area contributed by atoms with Gasteiger partial charge in [0.25, 0.3) is 0 Å². The van der Waals surface area contributed by atoms with Gasteiger partial charge in [-0.25, -0.2) is 0 Å². The molecule has 3 heteroatoms. The third-order valence-electron chi connectivity index (χ3n) is 3.10. The van der Waals surface area contributed by atoms with Crippen molar-refractivity contribution in [2.45, 2.75) is 31.9 Å². The van der Waals surface area contributed by atoms with Crippen LogP contribution in [0.5, 0.6) is 0 Å². The highest BCUT2D eigenvalue weighted by Crippen LogP contribution is 2.12. The largest absolute Gasteiger partial charge is 0.377 e. The lowest BCUT2D eigenvalue weighted by Gasteiger charge is -2.22. The SMILES string of the molecule is N#Cc1ccccc1CNCC1CCCCO1. The van der Waals surface area contributed by atoms with Crippen molar-refractivity contribution in [3.63, 3.8) is 0 Å². The van der Waals surface area contributed by atoms with Gasteiger partial charge in [0.15, 0.2) is 0 Å². The minimum atomic E-state index is 0.345. The molecule has 0 aromatic heterocycles. The molecule has 1 aromatic rings. The summed E-state index contributed by atoms with van der Waals surface area (Å²) in [6.45, 7) is 2.50. The molecule has 3 nitrogen and oxygen atoms in total. The van der Waals surface area contributed by atoms with Crippen LogP contribution in [0.2, 0.25) is 0 Å². The van der Waals surface area contributed by atoms with E-state index in [4.69, 9.17) is 10.00 Å². The van der Waals surface area contributed by atoms with Crippen LogP contribution in [0, 0.1) is 11.3 Å². The first kappa shape index (κ1) is 12.1. The van der Waals surface area contributed by atoms with Gasteiger partial charge in [0.1, 0.15) is 0 Å². The average molecular weight is 230 g/mol. The monoisotopic (exact) mass is 230 g/mol. The lowest BCUT2D eigenvalue weighted by atomic mass is 10.1. The molecule has 90 valence electrons. The average Bonchev–Trinajstić information content (AvgIpc) is 2.40. The quantitative estimate of drug-likeness (QED) is 0.862. The Balaban J connectivity index is 1.79. The Kier molecular flexibility index (Phi) is 4.54. The minimum Gasteiger partial charge on any atom is -0.377 e. The van der Waals surface area contributed by atoms with Crippen molar-refractivity contribution in [3.05, 3.63) is 35.4 Å². The van der Waals surface area contributed by atoms with Crippen molar-refractivity contribution in [2.24, 2.45) is 0 Å². The smallest absolute Gasteiger partial charge is 0.0995 e. The summed E-state index contributed by atoms with van der Waals surface area (Å²) in [5.74, 6) is 0. The Morgan fingerprint density at radius 1 is 1.35 bits per heavy atom. The Morgan fingerprint density at radius 3 is 3.00 bits per heavy atom. The number of hydrogen-bond acceptors (Lipinski definition) is 3. The van der Waals surface area contributed by atoms with E-state index in [-0.39, 0.29) is 0 Å². The first-order valence-corrected chi connectivity index (χ1v) is 6.20. The van der Waals surface area contributed by atoms with Crippen LogP contribution < -0.4 is 5.32 Å². The van der Waals surface area contributed by atoms with Crippen molar-refractivity contribution < 1.29 is 4.74 Å². The molecule has 2 rings (SSSR count). The van der Waals surface area contributed by atoms with E-state index in [1.165, 1.54) is 12.8 Å². The molecule has 1 unspecified atom stereocenters. The van der Waals surface area contributed by atoms with Crippen molar-refractivity contribution in [1.29, 1.82) is 5.26 Å². The summed E-state index contributed by atoms with van der Waals surface area (Å²) in [5.41, 5.74) is 1.82. The second-order valence-electron chi connectivity index (χ2n) is 4.39. The molecule has 1 atom stereocenters. The number of benzene rings is 1. The zero-order valence-electron chi connectivity index (χ0n) is 9.98. The zero-order valence-corrected chi connectivity index (χ0v) is 9.98. The summed E-state index contributed by atoms with van der Waals surface area (Å²) in [6.07, 6.45) is 3.94. The third-order valence-corrected chi connectivity index (χ3v) is 3.10. The zero-order chi connectivity index (χ0) is 11.9. The fourth-order valence-electron chi connectivity index (χ4n) is 2.12. The maximum atomic E-state index is 8.96. The van der Waals surface area contributed by atoms with E-state index in [2.05, 4.69) is 11.4 Å². The lowest BCUT2D eigenvalue weighted by Crippen LogP contribution is -2.31. The van der Waals surface area contributed by atoms with E-state index < -0.39 is 0 Å². The van der Waals surface area contributed by atoms with E-state index in [0.29, 0.717) is 6.10 Å². The molecule has 1 heterocycles. The van der Waals surface area contributed by atoms with Gasteiger partial charge in [0.2, 0.25) is 0 Å². The van der Waals surface area contributed by atoms with E-state index in [0.717, 1.165) is 37.2 Å². The molecule has 1 aromatic carbocycles. The molecule has 0 aliphatic carbocycles. The second kappa shape index (κ2) is 6.39. The van der Waals surface area contributed by atoms with Crippen molar-refractivity contribution in [1.82, 2.24) is 5.32 Å². The summed E-state index contributed by atoms with van der Waals surface area (Å²) in [5, 5.41) is 12.3. The van der Waals surface area contributed by atoms with Gasteiger partial charge in [-0.1, -0.05) is 18.2 Å². The normalized spacial score (nSPS) is 19.8. The predicted octanol–water partition coefficient (Wildman–Crippen LogP) is 2.22. The minimum absolute atomic E-state index is 0.345. The van der Waals surface area contributed by atoms with Crippen molar-refractivity contribution in [2.75, 3.05) is 13.2 Å². The van der Waals surface area contributed by atoms with Gasteiger partial charge in [-0.15, -0.1) is 0 Å². The van der Waals surface area contributed by atoms with Crippen LogP contribution in [0.1, 0.15) is 30.4 Å². The molecular formula is C14H18N2O. The first-order chi connectivity index (χ1) is 8.40. The molecule has 1 saturated heterocycles. The van der Waals surface area contributed by atoms with E-state index in [1.807, 2.05) is 24.3 Å². The lowest BCUT2D eigenvalue weighted by molar-refractivity contribution is 0.0168. The molecular weight excluding hydrogens is 212 g/mol. The maximum Gasteiger partial charge on any atom is 0.0995 e. The predicted molar refractivity (Wildman–Crippen MR) is 66.5 cm³/mol. The summed E-state index contributed by atoms with van der Waals surface area (Å²) in [4.78, 5) is 0. The van der Waals surface area contributed by atoms with Gasteiger partial charge < -0.3 is 10.1 Å². The molecule has 0 spiro atoms. The number of nitrogens with one attached hydrogen (secondary N) is 1. The molecule has 1 fully saturated rings. The van der Waals surface area contributed by atoms with Crippen LogP contribution in [0.4, 0.5) is 0 Å². The van der Waals surface area contributed by atoms with Crippen LogP contribution >= 0.6 is 0 Å². The van der Waals surface area contributed by atoms with Crippen LogP contribution in [0.25, 0.3) is 0 Å². The Labute approximate surface area is 102 Å². The number of nitriles is 1. The summed E-state index contributed by atoms with van der Waals surface area (Å²) in [6, 6.07) is 9.92. The molecule has 0 radical (unpaired) electrons. The van der Waals surface area contributed by atoms with Crippen LogP contribution in [-0.2, 0) is 11.3 Å². The highest BCUT2D eigenvalue weighted by molar-refractivity contribution is 5.37. The maximum absolute atomic E-state index is 8.96. The van der Waals surface area contributed by atoms with Crippen molar-refractivity contribution in [3.8, 4) is 6.07 Å². The molecule has 0 saturated carbocycles. The summed E-state index contributed by atoms with van der Waals surface area (Å²) < 4.78 is 5.64. The Hall–Kier alpha value is -1.37. The second-order valence-corrected chi connectivity index (χ2v) is 4.39. The summed E-state index contributed by atoms with van der Waals surface area (Å²) in [7, 11) is 0. The van der Waals surface area contributed by atoms with Gasteiger partial charge in [-0.05, 0) is 30.9 Å². The van der Waals surface area contributed by atoms with Gasteiger partial charge in [0, 0.05) is 19.7 Å². The first-order valence-electron chi connectivity index (χ1n) is 6.20. The molecule has 17 heavy (non-hydrogen) atoms. The van der Waals surface area contributed by atoms with Crippen LogP contribution in [0.15, 0.2) is 24.3 Å². The standard InChI is InChI=1S/C14H18N2O/c15-9-12-5-1-2-6-13(12)10-16-11-14-7-3-4-8-17-14/h1-2,5-6,14,16H,3-4,7-8,10-11H2. The Morgan fingerprint density at radius 2 is 2.24 bits per heavy atom. The fraction of sp³-hybridized carbons (Fsp3) is 0.500. The van der Waals surface area contributed by atoms with E-state index in [1.54, 1.807) is 0 Å². The number of nitrogens with zero attached hydrogens (tertiary/aromatic N) is 1. The molecule has 1 aliphatic heterocycles. The molecule has 1 aliphatic rings. The van der Waals surface area contributed by atoms with Gasteiger partial charge in [-0.3, -0.25) is 0 Å². The van der Waals surface area contributed by atoms with Gasteiger partial charge in [-0.2, -0.15) is 5.26 Å². The van der Waals surface area contributed by atoms with Gasteiger partial charge >= 0.3 is 0 Å². The van der Waals surface area contributed by atoms with Gasteiger partial charge in [0.05, 0.1) is 17.7 Å². The molecule has 0 bridgehead atoms. The van der Waals surface area contributed by atoms with Crippen LogP contribution in [-0.4, -0.2) is 19.3 Å². The van der Waals surface area contributed by atoms with Crippen LogP contribution in [0.3, 0.4) is 0 Å². The Bertz CT molecular complexity index is 391. The van der Waals surface area contributed by atoms with E-state index in [9.17, 15) is 0 Å². The number of hydrogen-bond donors (Lipinski definition) is 1.